The fourth-order valence-corrected chi connectivity index (χ4v) is 2.74. The first kappa shape index (κ1) is 16.8. The average molecular weight is 310 g/mol. The summed E-state index contributed by atoms with van der Waals surface area (Å²) in [5.41, 5.74) is 0. The van der Waals surface area contributed by atoms with E-state index in [0.29, 0.717) is 25.4 Å². The Bertz CT molecular complexity index is 426. The zero-order valence-electron chi connectivity index (χ0n) is 13.5. The number of piperidine rings is 1. The number of hydrogen-bond donors (Lipinski definition) is 0. The van der Waals surface area contributed by atoms with Crippen molar-refractivity contribution in [2.45, 2.75) is 58.5 Å². The molecule has 0 unspecified atom stereocenters. The van der Waals surface area contributed by atoms with Crippen LogP contribution in [-0.2, 0) is 14.3 Å². The molecule has 0 radical (unpaired) electrons. The van der Waals surface area contributed by atoms with Crippen LogP contribution in [0.3, 0.4) is 0 Å². The van der Waals surface area contributed by atoms with Crippen LogP contribution in [0.25, 0.3) is 0 Å². The summed E-state index contributed by atoms with van der Waals surface area (Å²) in [5, 5.41) is 0. The van der Waals surface area contributed by atoms with Crippen LogP contribution in [-0.4, -0.2) is 48.6 Å². The average Bonchev–Trinajstić information content (AvgIpc) is 2.59. The summed E-state index contributed by atoms with van der Waals surface area (Å²) < 4.78 is 10.7. The van der Waals surface area contributed by atoms with Crippen molar-refractivity contribution in [1.29, 1.82) is 0 Å². The van der Waals surface area contributed by atoms with Gasteiger partial charge < -0.3 is 14.4 Å². The third kappa shape index (κ3) is 5.00. The largest absolute Gasteiger partial charge is 0.447 e. The van der Waals surface area contributed by atoms with Crippen molar-refractivity contribution >= 4 is 18.0 Å². The molecular formula is C16H26N2O4. The van der Waals surface area contributed by atoms with Gasteiger partial charge in [-0.2, -0.15) is 0 Å². The second-order valence-corrected chi connectivity index (χ2v) is 6.20. The molecule has 0 atom stereocenters. The van der Waals surface area contributed by atoms with Crippen molar-refractivity contribution < 1.29 is 19.1 Å². The lowest BCUT2D eigenvalue weighted by Crippen LogP contribution is -2.42. The van der Waals surface area contributed by atoms with Gasteiger partial charge in [-0.3, -0.25) is 9.79 Å². The second kappa shape index (κ2) is 8.15. The van der Waals surface area contributed by atoms with Gasteiger partial charge in [0.25, 0.3) is 0 Å². The summed E-state index contributed by atoms with van der Waals surface area (Å²) in [4.78, 5) is 29.8. The van der Waals surface area contributed by atoms with Crippen molar-refractivity contribution in [2.24, 2.45) is 10.9 Å². The van der Waals surface area contributed by atoms with E-state index >= 15 is 0 Å². The Morgan fingerprint density at radius 2 is 2.00 bits per heavy atom. The number of nitrogens with zero attached hydrogens (tertiary/aromatic N) is 2. The number of amides is 1. The number of carbonyl (C=O) groups is 2. The molecule has 1 fully saturated rings. The highest BCUT2D eigenvalue weighted by Crippen LogP contribution is 2.22. The highest BCUT2D eigenvalue weighted by molar-refractivity contribution is 5.90. The van der Waals surface area contributed by atoms with Crippen molar-refractivity contribution in [3.05, 3.63) is 0 Å². The predicted molar refractivity (Wildman–Crippen MR) is 82.8 cm³/mol. The predicted octanol–water partition coefficient (Wildman–Crippen LogP) is 2.76. The molecule has 0 aromatic rings. The Hall–Kier alpha value is -1.59. The molecule has 0 saturated carbocycles. The van der Waals surface area contributed by atoms with E-state index in [1.54, 1.807) is 4.90 Å². The fourth-order valence-electron chi connectivity index (χ4n) is 2.74. The van der Waals surface area contributed by atoms with Crippen molar-refractivity contribution in [1.82, 2.24) is 4.90 Å². The highest BCUT2D eigenvalue weighted by atomic mass is 16.6. The highest BCUT2D eigenvalue weighted by Gasteiger charge is 2.29. The maximum atomic E-state index is 11.9. The smallest absolute Gasteiger partial charge is 0.410 e. The SMILES string of the molecule is CC(C)OC(=O)N1CCC(C2=NCCCCCC(=O)O2)CC1. The number of likely N-dealkylation sites (tertiary alicyclic amines) is 1. The van der Waals surface area contributed by atoms with Crippen LogP contribution in [0.4, 0.5) is 4.79 Å². The van der Waals surface area contributed by atoms with Crippen molar-refractivity contribution in [2.75, 3.05) is 19.6 Å². The molecule has 0 bridgehead atoms. The lowest BCUT2D eigenvalue weighted by Gasteiger charge is -2.31. The van der Waals surface area contributed by atoms with Crippen LogP contribution in [0, 0.1) is 5.92 Å². The zero-order valence-corrected chi connectivity index (χ0v) is 13.5. The van der Waals surface area contributed by atoms with Crippen molar-refractivity contribution in [3.63, 3.8) is 0 Å². The fraction of sp³-hybridized carbons (Fsp3) is 0.812. The first-order valence-electron chi connectivity index (χ1n) is 8.27. The van der Waals surface area contributed by atoms with Gasteiger partial charge in [0.15, 0.2) is 5.90 Å². The number of hydrogen-bond acceptors (Lipinski definition) is 5. The normalized spacial score (nSPS) is 21.5. The molecule has 1 saturated heterocycles. The van der Waals surface area contributed by atoms with Gasteiger partial charge in [-0.1, -0.05) is 6.42 Å². The monoisotopic (exact) mass is 310 g/mol. The van der Waals surface area contributed by atoms with Gasteiger partial charge in [0, 0.05) is 32.0 Å². The third-order valence-corrected chi connectivity index (χ3v) is 3.96. The first-order chi connectivity index (χ1) is 10.6. The maximum absolute atomic E-state index is 11.9. The summed E-state index contributed by atoms with van der Waals surface area (Å²) >= 11 is 0. The standard InChI is InChI=1S/C16H26N2O4/c1-12(2)21-16(20)18-10-7-13(8-11-18)15-17-9-5-3-4-6-14(19)22-15/h12-13H,3-11H2,1-2H3. The number of cyclic esters (lactones) is 1. The molecule has 6 nitrogen and oxygen atoms in total. The molecule has 0 aliphatic carbocycles. The molecule has 1 amide bonds. The molecule has 2 rings (SSSR count). The molecular weight excluding hydrogens is 284 g/mol. The molecule has 0 spiro atoms. The van der Waals surface area contributed by atoms with E-state index < -0.39 is 0 Å². The van der Waals surface area contributed by atoms with Crippen LogP contribution in [0.1, 0.15) is 52.4 Å². The lowest BCUT2D eigenvalue weighted by atomic mass is 9.97. The molecule has 0 N–H and O–H groups in total. The molecule has 2 heterocycles. The third-order valence-electron chi connectivity index (χ3n) is 3.96. The lowest BCUT2D eigenvalue weighted by molar-refractivity contribution is -0.136. The van der Waals surface area contributed by atoms with Crippen LogP contribution < -0.4 is 0 Å². The quantitative estimate of drug-likeness (QED) is 0.735. The van der Waals surface area contributed by atoms with Gasteiger partial charge in [-0.05, 0) is 39.5 Å². The van der Waals surface area contributed by atoms with Gasteiger partial charge in [-0.25, -0.2) is 4.79 Å². The van der Waals surface area contributed by atoms with E-state index in [9.17, 15) is 9.59 Å². The Morgan fingerprint density at radius 1 is 1.27 bits per heavy atom. The summed E-state index contributed by atoms with van der Waals surface area (Å²) in [7, 11) is 0. The number of rotatable bonds is 2. The summed E-state index contributed by atoms with van der Waals surface area (Å²) in [5.74, 6) is 0.524. The van der Waals surface area contributed by atoms with E-state index in [0.717, 1.165) is 38.6 Å². The van der Waals surface area contributed by atoms with Gasteiger partial charge in [0.05, 0.1) is 6.10 Å². The summed E-state index contributed by atoms with van der Waals surface area (Å²) in [6.07, 6.45) is 4.52. The van der Waals surface area contributed by atoms with Crippen LogP contribution in [0.5, 0.6) is 0 Å². The van der Waals surface area contributed by atoms with Crippen LogP contribution in [0.2, 0.25) is 0 Å². The number of carbonyl (C=O) groups excluding carboxylic acids is 2. The number of esters is 1. The number of aliphatic imine (C=N–C) groups is 1. The van der Waals surface area contributed by atoms with E-state index in [2.05, 4.69) is 4.99 Å². The minimum atomic E-state index is -0.262. The van der Waals surface area contributed by atoms with Gasteiger partial charge >= 0.3 is 12.1 Å². The molecule has 0 aromatic carbocycles. The Balaban J connectivity index is 1.89. The minimum Gasteiger partial charge on any atom is -0.447 e. The van der Waals surface area contributed by atoms with Crippen molar-refractivity contribution in [3.8, 4) is 0 Å². The van der Waals surface area contributed by atoms with Gasteiger partial charge in [0.2, 0.25) is 0 Å². The summed E-state index contributed by atoms with van der Waals surface area (Å²) in [6, 6.07) is 0. The molecule has 124 valence electrons. The second-order valence-electron chi connectivity index (χ2n) is 6.20. The minimum absolute atomic E-state index is 0.107. The number of ether oxygens (including phenoxy) is 2. The van der Waals surface area contributed by atoms with E-state index in [1.165, 1.54) is 0 Å². The van der Waals surface area contributed by atoms with Crippen LogP contribution >= 0.6 is 0 Å². The maximum Gasteiger partial charge on any atom is 0.410 e. The molecule has 2 aliphatic rings. The van der Waals surface area contributed by atoms with E-state index in [4.69, 9.17) is 9.47 Å². The Labute approximate surface area is 131 Å². The van der Waals surface area contributed by atoms with E-state index in [-0.39, 0.29) is 24.1 Å². The van der Waals surface area contributed by atoms with Gasteiger partial charge in [0.1, 0.15) is 0 Å². The first-order valence-corrected chi connectivity index (χ1v) is 8.27. The Morgan fingerprint density at radius 3 is 2.68 bits per heavy atom. The molecule has 2 aliphatic heterocycles. The topological polar surface area (TPSA) is 68.2 Å². The molecule has 6 heteroatoms. The van der Waals surface area contributed by atoms with E-state index in [1.807, 2.05) is 13.8 Å². The summed E-state index contributed by atoms with van der Waals surface area (Å²) in [6.45, 7) is 5.64. The molecule has 22 heavy (non-hydrogen) atoms. The molecule has 0 aromatic heterocycles. The van der Waals surface area contributed by atoms with Gasteiger partial charge in [-0.15, -0.1) is 0 Å². The zero-order chi connectivity index (χ0) is 15.9. The Kier molecular flexibility index (Phi) is 6.21. The van der Waals surface area contributed by atoms with Crippen LogP contribution in [0.15, 0.2) is 4.99 Å².